The van der Waals surface area contributed by atoms with Gasteiger partial charge in [0.2, 0.25) is 0 Å². The lowest BCUT2D eigenvalue weighted by Gasteiger charge is -2.05. The Kier molecular flexibility index (Phi) is 4.51. The number of hydrogen-bond donors (Lipinski definition) is 0. The summed E-state index contributed by atoms with van der Waals surface area (Å²) in [6, 6.07) is 17.4. The van der Waals surface area contributed by atoms with Gasteiger partial charge in [-0.3, -0.25) is 0 Å². The Balaban J connectivity index is 2.18. The average molecular weight is 252 g/mol. The molecule has 0 heterocycles. The van der Waals surface area contributed by atoms with Crippen LogP contribution >= 0.6 is 0 Å². The summed E-state index contributed by atoms with van der Waals surface area (Å²) in [6.07, 6.45) is 3.66. The second kappa shape index (κ2) is 6.55. The zero-order chi connectivity index (χ0) is 13.5. The van der Waals surface area contributed by atoms with E-state index in [1.807, 2.05) is 61.5 Å². The van der Waals surface area contributed by atoms with E-state index >= 15 is 0 Å². The summed E-state index contributed by atoms with van der Waals surface area (Å²) in [5, 5.41) is 0. The molecule has 0 saturated heterocycles. The zero-order valence-corrected chi connectivity index (χ0v) is 10.9. The van der Waals surface area contributed by atoms with Crippen molar-refractivity contribution in [3.05, 3.63) is 72.3 Å². The third kappa shape index (κ3) is 3.55. The molecule has 19 heavy (non-hydrogen) atoms. The quantitative estimate of drug-likeness (QED) is 0.605. The van der Waals surface area contributed by atoms with Crippen LogP contribution < -0.4 is 0 Å². The van der Waals surface area contributed by atoms with Crippen molar-refractivity contribution in [2.24, 2.45) is 0 Å². The van der Waals surface area contributed by atoms with E-state index in [-0.39, 0.29) is 5.97 Å². The Morgan fingerprint density at radius 3 is 2.53 bits per heavy atom. The van der Waals surface area contributed by atoms with Crippen LogP contribution in [0.1, 0.15) is 17.3 Å². The van der Waals surface area contributed by atoms with Gasteiger partial charge < -0.3 is 4.74 Å². The van der Waals surface area contributed by atoms with Crippen molar-refractivity contribution in [2.45, 2.75) is 6.92 Å². The molecule has 2 aromatic rings. The van der Waals surface area contributed by atoms with Gasteiger partial charge in [-0.1, -0.05) is 54.6 Å². The van der Waals surface area contributed by atoms with Gasteiger partial charge in [0.15, 0.2) is 0 Å². The topological polar surface area (TPSA) is 26.3 Å². The van der Waals surface area contributed by atoms with Crippen molar-refractivity contribution >= 4 is 5.97 Å². The van der Waals surface area contributed by atoms with Gasteiger partial charge in [0.25, 0.3) is 0 Å². The first kappa shape index (κ1) is 13.1. The lowest BCUT2D eigenvalue weighted by molar-refractivity contribution is 0.0549. The van der Waals surface area contributed by atoms with Gasteiger partial charge in [0.05, 0.1) is 5.56 Å². The van der Waals surface area contributed by atoms with Crippen molar-refractivity contribution in [1.82, 2.24) is 0 Å². The van der Waals surface area contributed by atoms with Crippen LogP contribution in [-0.4, -0.2) is 12.6 Å². The highest BCUT2D eigenvalue weighted by Crippen LogP contribution is 2.20. The van der Waals surface area contributed by atoms with Gasteiger partial charge in [-0.15, -0.1) is 0 Å². The van der Waals surface area contributed by atoms with E-state index < -0.39 is 0 Å². The van der Waals surface area contributed by atoms with E-state index in [1.165, 1.54) is 0 Å². The fourth-order valence-corrected chi connectivity index (χ4v) is 1.76. The molecule has 2 rings (SSSR count). The second-order valence-electron chi connectivity index (χ2n) is 4.11. The number of hydrogen-bond acceptors (Lipinski definition) is 2. The molecule has 2 aromatic carbocycles. The molecule has 0 aromatic heterocycles. The Labute approximate surface area is 113 Å². The van der Waals surface area contributed by atoms with Crippen LogP contribution in [0.15, 0.2) is 66.7 Å². The van der Waals surface area contributed by atoms with Crippen LogP contribution in [0.2, 0.25) is 0 Å². The first-order valence-electron chi connectivity index (χ1n) is 6.25. The van der Waals surface area contributed by atoms with Crippen LogP contribution in [0.25, 0.3) is 11.1 Å². The maximum absolute atomic E-state index is 11.8. The predicted octanol–water partition coefficient (Wildman–Crippen LogP) is 4.09. The van der Waals surface area contributed by atoms with Crippen LogP contribution in [0.3, 0.4) is 0 Å². The van der Waals surface area contributed by atoms with Gasteiger partial charge in [0, 0.05) is 0 Å². The number of carbonyl (C=O) groups is 1. The summed E-state index contributed by atoms with van der Waals surface area (Å²) in [4.78, 5) is 11.8. The molecule has 0 unspecified atom stereocenters. The highest BCUT2D eigenvalue weighted by Gasteiger charge is 2.07. The molecule has 2 heteroatoms. The molecule has 2 nitrogen and oxygen atoms in total. The summed E-state index contributed by atoms with van der Waals surface area (Å²) in [6.45, 7) is 2.20. The van der Waals surface area contributed by atoms with Gasteiger partial charge in [0.1, 0.15) is 6.61 Å². The SMILES string of the molecule is CC=CCOC(=O)c1cccc(-c2ccccc2)c1. The highest BCUT2D eigenvalue weighted by atomic mass is 16.5. The first-order valence-corrected chi connectivity index (χ1v) is 6.25. The number of allylic oxidation sites excluding steroid dienone is 1. The molecule has 0 atom stereocenters. The third-order valence-corrected chi connectivity index (χ3v) is 2.75. The maximum Gasteiger partial charge on any atom is 0.338 e. The normalized spacial score (nSPS) is 10.6. The van der Waals surface area contributed by atoms with Crippen molar-refractivity contribution in [3.8, 4) is 11.1 Å². The average Bonchev–Trinajstić information content (AvgIpc) is 2.48. The van der Waals surface area contributed by atoms with Gasteiger partial charge in [-0.05, 0) is 30.2 Å². The van der Waals surface area contributed by atoms with Gasteiger partial charge in [-0.25, -0.2) is 4.79 Å². The molecule has 0 bridgehead atoms. The number of rotatable bonds is 4. The molecule has 0 saturated carbocycles. The predicted molar refractivity (Wildman–Crippen MR) is 77.0 cm³/mol. The standard InChI is InChI=1S/C17H16O2/c1-2-3-12-19-17(18)16-11-7-10-15(13-16)14-8-5-4-6-9-14/h2-11,13H,12H2,1H3. The van der Waals surface area contributed by atoms with Gasteiger partial charge >= 0.3 is 5.97 Å². The van der Waals surface area contributed by atoms with Crippen LogP contribution in [-0.2, 0) is 4.74 Å². The summed E-state index contributed by atoms with van der Waals surface area (Å²) < 4.78 is 5.13. The fourth-order valence-electron chi connectivity index (χ4n) is 1.76. The van der Waals surface area contributed by atoms with Gasteiger partial charge in [-0.2, -0.15) is 0 Å². The maximum atomic E-state index is 11.8. The van der Waals surface area contributed by atoms with Crippen molar-refractivity contribution in [1.29, 1.82) is 0 Å². The Bertz CT molecular complexity index is 571. The lowest BCUT2D eigenvalue weighted by atomic mass is 10.0. The Hall–Kier alpha value is -2.35. The molecular formula is C17H16O2. The van der Waals surface area contributed by atoms with Crippen molar-refractivity contribution < 1.29 is 9.53 Å². The molecular weight excluding hydrogens is 236 g/mol. The minimum Gasteiger partial charge on any atom is -0.458 e. The van der Waals surface area contributed by atoms with E-state index in [2.05, 4.69) is 0 Å². The minimum atomic E-state index is -0.295. The fraction of sp³-hybridized carbons (Fsp3) is 0.118. The van der Waals surface area contributed by atoms with Crippen LogP contribution in [0.4, 0.5) is 0 Å². The van der Waals surface area contributed by atoms with E-state index in [1.54, 1.807) is 12.1 Å². The Morgan fingerprint density at radius 2 is 1.79 bits per heavy atom. The molecule has 0 aliphatic rings. The molecule has 0 amide bonds. The molecule has 0 radical (unpaired) electrons. The van der Waals surface area contributed by atoms with E-state index in [0.717, 1.165) is 11.1 Å². The van der Waals surface area contributed by atoms with Crippen LogP contribution in [0, 0.1) is 0 Å². The summed E-state index contributed by atoms with van der Waals surface area (Å²) in [7, 11) is 0. The monoisotopic (exact) mass is 252 g/mol. The minimum absolute atomic E-state index is 0.295. The third-order valence-electron chi connectivity index (χ3n) is 2.75. The molecule has 96 valence electrons. The number of carbonyl (C=O) groups excluding carboxylic acids is 1. The smallest absolute Gasteiger partial charge is 0.338 e. The van der Waals surface area contributed by atoms with Crippen molar-refractivity contribution in [3.63, 3.8) is 0 Å². The number of ether oxygens (including phenoxy) is 1. The van der Waals surface area contributed by atoms with E-state index in [0.29, 0.717) is 12.2 Å². The van der Waals surface area contributed by atoms with E-state index in [4.69, 9.17) is 4.74 Å². The largest absolute Gasteiger partial charge is 0.458 e. The first-order chi connectivity index (χ1) is 9.31. The van der Waals surface area contributed by atoms with E-state index in [9.17, 15) is 4.79 Å². The molecule has 0 aliphatic carbocycles. The molecule has 0 fully saturated rings. The Morgan fingerprint density at radius 1 is 1.05 bits per heavy atom. The summed E-state index contributed by atoms with van der Waals surface area (Å²) >= 11 is 0. The van der Waals surface area contributed by atoms with Crippen molar-refractivity contribution in [2.75, 3.05) is 6.61 Å². The molecule has 0 spiro atoms. The number of benzene rings is 2. The van der Waals surface area contributed by atoms with Crippen LogP contribution in [0.5, 0.6) is 0 Å². The highest BCUT2D eigenvalue weighted by molar-refractivity contribution is 5.91. The molecule has 0 aliphatic heterocycles. The summed E-state index contributed by atoms with van der Waals surface area (Å²) in [5.41, 5.74) is 2.68. The summed E-state index contributed by atoms with van der Waals surface area (Å²) in [5.74, 6) is -0.295. The lowest BCUT2D eigenvalue weighted by Crippen LogP contribution is -2.05. The second-order valence-corrected chi connectivity index (χ2v) is 4.11. The number of esters is 1. The zero-order valence-electron chi connectivity index (χ0n) is 10.9. The molecule has 0 N–H and O–H groups in total.